The number of hydrogen-bond acceptors (Lipinski definition) is 7. The first-order valence-corrected chi connectivity index (χ1v) is 14.4. The predicted molar refractivity (Wildman–Crippen MR) is 135 cm³/mol. The molecule has 8 unspecified atom stereocenters. The molecule has 4 heterocycles. The fourth-order valence-corrected chi connectivity index (χ4v) is 7.85. The van der Waals surface area contributed by atoms with Gasteiger partial charge in [-0.2, -0.15) is 0 Å². The molecule has 2 saturated carbocycles. The van der Waals surface area contributed by atoms with E-state index in [1.807, 2.05) is 0 Å². The van der Waals surface area contributed by atoms with Crippen LogP contribution >= 0.6 is 11.6 Å². The number of piperazine rings is 1. The SMILES string of the molecule is O=C(NCCN1CCCC1)C1=CN2C3CCC(Cl)CC3OC3C(N4CCNCC4)C(F)CC(C1=O)C32. The first kappa shape index (κ1) is 25.0. The number of likely N-dealkylation sites (tertiary alicyclic amines) is 1. The maximum Gasteiger partial charge on any atom is 0.256 e. The summed E-state index contributed by atoms with van der Waals surface area (Å²) in [7, 11) is 0. The number of Topliss-reactive ketones (excluding diaryl/α,β-unsaturated/α-hetero) is 1. The van der Waals surface area contributed by atoms with E-state index < -0.39 is 18.2 Å². The van der Waals surface area contributed by atoms with E-state index in [1.54, 1.807) is 6.20 Å². The van der Waals surface area contributed by atoms with Crippen molar-refractivity contribution in [1.29, 1.82) is 0 Å². The lowest BCUT2D eigenvalue weighted by Gasteiger charge is -2.60. The van der Waals surface area contributed by atoms with E-state index in [1.165, 1.54) is 12.8 Å². The summed E-state index contributed by atoms with van der Waals surface area (Å²) >= 11 is 6.54. The number of halogens is 2. The lowest BCUT2D eigenvalue weighted by atomic mass is 9.69. The van der Waals surface area contributed by atoms with E-state index in [2.05, 4.69) is 25.3 Å². The van der Waals surface area contributed by atoms with Crippen molar-refractivity contribution in [2.45, 2.75) is 80.4 Å². The largest absolute Gasteiger partial charge is 0.369 e. The third kappa shape index (κ3) is 4.59. The molecule has 8 nitrogen and oxygen atoms in total. The molecule has 200 valence electrons. The van der Waals surface area contributed by atoms with E-state index in [-0.39, 0.29) is 53.3 Å². The maximum atomic E-state index is 15.9. The number of nitrogens with one attached hydrogen (secondary N) is 2. The van der Waals surface area contributed by atoms with Crippen molar-refractivity contribution in [3.63, 3.8) is 0 Å². The van der Waals surface area contributed by atoms with Crippen LogP contribution in [0.15, 0.2) is 11.8 Å². The van der Waals surface area contributed by atoms with Crippen LogP contribution in [0.4, 0.5) is 4.39 Å². The van der Waals surface area contributed by atoms with Gasteiger partial charge < -0.3 is 25.2 Å². The number of alkyl halides is 2. The van der Waals surface area contributed by atoms with Gasteiger partial charge in [-0.15, -0.1) is 11.6 Å². The first-order chi connectivity index (χ1) is 17.5. The molecular formula is C26H39ClFN5O3. The molecule has 0 aromatic carbocycles. The summed E-state index contributed by atoms with van der Waals surface area (Å²) in [6, 6.07) is -0.563. The van der Waals surface area contributed by atoms with Gasteiger partial charge in [0.15, 0.2) is 5.78 Å². The van der Waals surface area contributed by atoms with Crippen molar-refractivity contribution in [2.24, 2.45) is 5.92 Å². The molecule has 2 aliphatic carbocycles. The number of carbonyl (C=O) groups excluding carboxylic acids is 2. The van der Waals surface area contributed by atoms with E-state index in [9.17, 15) is 9.59 Å². The van der Waals surface area contributed by atoms with Crippen LogP contribution in [-0.4, -0.2) is 121 Å². The number of ketones is 1. The molecule has 10 heteroatoms. The van der Waals surface area contributed by atoms with Crippen molar-refractivity contribution in [3.05, 3.63) is 11.8 Å². The van der Waals surface area contributed by atoms with Gasteiger partial charge in [0.05, 0.1) is 35.9 Å². The monoisotopic (exact) mass is 523 g/mol. The Kier molecular flexibility index (Phi) is 7.29. The summed E-state index contributed by atoms with van der Waals surface area (Å²) in [6.45, 7) is 6.61. The van der Waals surface area contributed by atoms with Crippen LogP contribution < -0.4 is 10.6 Å². The normalized spacial score (nSPS) is 41.4. The fourth-order valence-electron chi connectivity index (χ4n) is 7.54. The molecule has 0 spiro atoms. The molecule has 0 aromatic heterocycles. The maximum absolute atomic E-state index is 15.9. The molecule has 3 saturated heterocycles. The Bertz CT molecular complexity index is 880. The minimum absolute atomic E-state index is 0.0322. The summed E-state index contributed by atoms with van der Waals surface area (Å²) in [6.07, 6.45) is 5.05. The van der Waals surface area contributed by atoms with Gasteiger partial charge in [-0.25, -0.2) is 4.39 Å². The molecule has 4 aliphatic heterocycles. The first-order valence-electron chi connectivity index (χ1n) is 13.9. The molecule has 36 heavy (non-hydrogen) atoms. The number of hydrogen-bond donors (Lipinski definition) is 2. The van der Waals surface area contributed by atoms with Crippen molar-refractivity contribution < 1.29 is 18.7 Å². The van der Waals surface area contributed by atoms with Gasteiger partial charge in [0.2, 0.25) is 0 Å². The van der Waals surface area contributed by atoms with Crippen molar-refractivity contribution in [2.75, 3.05) is 52.4 Å². The number of nitrogens with zero attached hydrogens (tertiary/aromatic N) is 3. The summed E-state index contributed by atoms with van der Waals surface area (Å²) in [5.41, 5.74) is 0.179. The van der Waals surface area contributed by atoms with Crippen LogP contribution in [0, 0.1) is 5.92 Å². The topological polar surface area (TPSA) is 77.2 Å². The minimum atomic E-state index is -1.18. The highest BCUT2D eigenvalue weighted by atomic mass is 35.5. The lowest BCUT2D eigenvalue weighted by molar-refractivity contribution is -0.211. The molecular weight excluding hydrogens is 485 g/mol. The zero-order chi connectivity index (χ0) is 24.8. The lowest BCUT2D eigenvalue weighted by Crippen LogP contribution is -2.74. The number of fused-ring (bicyclic) bond motifs is 2. The zero-order valence-electron chi connectivity index (χ0n) is 20.9. The second-order valence-electron chi connectivity index (χ2n) is 11.4. The summed E-state index contributed by atoms with van der Waals surface area (Å²) in [5, 5.41) is 6.35. The Balaban J connectivity index is 1.27. The Hall–Kier alpha value is -1.26. The number of morpholine rings is 1. The van der Waals surface area contributed by atoms with Gasteiger partial charge >= 0.3 is 0 Å². The van der Waals surface area contributed by atoms with E-state index >= 15 is 4.39 Å². The van der Waals surface area contributed by atoms with Crippen molar-refractivity contribution in [1.82, 2.24) is 25.3 Å². The highest BCUT2D eigenvalue weighted by Crippen LogP contribution is 2.47. The van der Waals surface area contributed by atoms with E-state index in [4.69, 9.17) is 16.3 Å². The second-order valence-corrected chi connectivity index (χ2v) is 12.0. The summed E-state index contributed by atoms with van der Waals surface area (Å²) < 4.78 is 22.6. The van der Waals surface area contributed by atoms with Crippen LogP contribution in [-0.2, 0) is 14.3 Å². The van der Waals surface area contributed by atoms with E-state index in [0.717, 1.165) is 58.7 Å². The quantitative estimate of drug-likeness (QED) is 0.409. The van der Waals surface area contributed by atoms with Crippen LogP contribution in [0.3, 0.4) is 0 Å². The molecule has 0 bridgehead atoms. The molecule has 6 aliphatic rings. The number of ether oxygens (including phenoxy) is 1. The van der Waals surface area contributed by atoms with Crippen LogP contribution in [0.25, 0.3) is 0 Å². The summed E-state index contributed by atoms with van der Waals surface area (Å²) in [5.74, 6) is -1.12. The van der Waals surface area contributed by atoms with Crippen LogP contribution in [0.5, 0.6) is 0 Å². The van der Waals surface area contributed by atoms with Gasteiger partial charge in [-0.1, -0.05) is 0 Å². The Labute approximate surface area is 217 Å². The second kappa shape index (κ2) is 10.5. The third-order valence-corrected chi connectivity index (χ3v) is 9.69. The van der Waals surface area contributed by atoms with Crippen molar-refractivity contribution in [3.8, 4) is 0 Å². The molecule has 1 amide bonds. The number of carbonyl (C=O) groups is 2. The van der Waals surface area contributed by atoms with Crippen molar-refractivity contribution >= 4 is 23.3 Å². The molecule has 6 rings (SSSR count). The molecule has 0 radical (unpaired) electrons. The van der Waals surface area contributed by atoms with Gasteiger partial charge in [-0.3, -0.25) is 14.5 Å². The molecule has 8 atom stereocenters. The molecule has 5 fully saturated rings. The Morgan fingerprint density at radius 3 is 2.69 bits per heavy atom. The van der Waals surface area contributed by atoms with Crippen LogP contribution in [0.1, 0.15) is 38.5 Å². The van der Waals surface area contributed by atoms with Gasteiger partial charge in [0.1, 0.15) is 6.17 Å². The average molecular weight is 524 g/mol. The Morgan fingerprint density at radius 1 is 1.14 bits per heavy atom. The molecule has 0 aromatic rings. The van der Waals surface area contributed by atoms with E-state index in [0.29, 0.717) is 13.0 Å². The smallest absolute Gasteiger partial charge is 0.256 e. The minimum Gasteiger partial charge on any atom is -0.369 e. The zero-order valence-corrected chi connectivity index (χ0v) is 21.7. The third-order valence-electron chi connectivity index (χ3n) is 9.30. The fraction of sp³-hybridized carbons (Fsp3) is 0.846. The van der Waals surface area contributed by atoms with Gasteiger partial charge in [0, 0.05) is 56.8 Å². The number of rotatable bonds is 5. The average Bonchev–Trinajstić information content (AvgIpc) is 3.39. The standard InChI is InChI=1S/C26H39ClFN5O3/c27-16-3-4-20-21(13-16)36-25-22-17(14-19(28)23(25)32-11-5-29-6-12-32)24(34)18(15-33(20)22)26(35)30-7-10-31-8-1-2-9-31/h15-17,19-23,25,29H,1-14H2,(H,30,35). The summed E-state index contributed by atoms with van der Waals surface area (Å²) in [4.78, 5) is 33.6. The number of amides is 1. The Morgan fingerprint density at radius 2 is 1.92 bits per heavy atom. The highest BCUT2D eigenvalue weighted by Gasteiger charge is 2.59. The van der Waals surface area contributed by atoms with Crippen LogP contribution in [0.2, 0.25) is 0 Å². The molecule has 2 N–H and O–H groups in total. The van der Waals surface area contributed by atoms with Gasteiger partial charge in [-0.05, 0) is 51.6 Å². The highest BCUT2D eigenvalue weighted by molar-refractivity contribution is 6.21. The van der Waals surface area contributed by atoms with Gasteiger partial charge in [0.25, 0.3) is 5.91 Å². The predicted octanol–water partition coefficient (Wildman–Crippen LogP) is 0.895.